The van der Waals surface area contributed by atoms with Gasteiger partial charge in [0.25, 0.3) is 0 Å². The van der Waals surface area contributed by atoms with E-state index in [0.29, 0.717) is 23.5 Å². The number of hydrogen-bond acceptors (Lipinski definition) is 5. The van der Waals surface area contributed by atoms with Gasteiger partial charge in [-0.05, 0) is 74.2 Å². The molecule has 174 valence electrons. The van der Waals surface area contributed by atoms with Crippen LogP contribution in [0.15, 0.2) is 42.6 Å². The second-order valence-corrected chi connectivity index (χ2v) is 9.21. The number of nitrogens with one attached hydrogen (secondary N) is 1. The summed E-state index contributed by atoms with van der Waals surface area (Å²) in [6.07, 6.45) is 7.67. The molecule has 0 amide bonds. The zero-order valence-corrected chi connectivity index (χ0v) is 20.1. The highest BCUT2D eigenvalue weighted by Crippen LogP contribution is 2.35. The summed E-state index contributed by atoms with van der Waals surface area (Å²) in [7, 11) is 0. The molecule has 33 heavy (non-hydrogen) atoms. The van der Waals surface area contributed by atoms with Gasteiger partial charge in [-0.15, -0.1) is 0 Å². The van der Waals surface area contributed by atoms with Crippen LogP contribution in [0.2, 0.25) is 5.02 Å². The lowest BCUT2D eigenvalue weighted by atomic mass is 9.89. The van der Waals surface area contributed by atoms with Crippen LogP contribution < -0.4 is 5.32 Å². The fourth-order valence-corrected chi connectivity index (χ4v) is 5.22. The van der Waals surface area contributed by atoms with E-state index in [2.05, 4.69) is 35.1 Å². The first-order chi connectivity index (χ1) is 16.0. The predicted molar refractivity (Wildman–Crippen MR) is 136 cm³/mol. The third kappa shape index (κ3) is 5.15. The van der Waals surface area contributed by atoms with E-state index in [0.717, 1.165) is 65.5 Å². The van der Waals surface area contributed by atoms with Gasteiger partial charge in [0.2, 0.25) is 0 Å². The molecule has 0 atom stereocenters. The highest BCUT2D eigenvalue weighted by atomic mass is 35.5. The third-order valence-electron chi connectivity index (χ3n) is 6.90. The lowest BCUT2D eigenvalue weighted by Crippen LogP contribution is -2.40. The fraction of sp³-hybridized carbons (Fsp3) is 0.407. The van der Waals surface area contributed by atoms with E-state index in [1.807, 2.05) is 24.4 Å². The van der Waals surface area contributed by atoms with Crippen molar-refractivity contribution in [2.75, 3.05) is 18.4 Å². The molecule has 0 aliphatic heterocycles. The molecule has 1 aliphatic carbocycles. The van der Waals surface area contributed by atoms with Crippen LogP contribution in [-0.2, 0) is 11.2 Å². The standard InChI is InChI=1S/C27H32ClN3O2/c1-3-31(4-2)22-9-7-21(8-10-22)30-27-20(13-14-32)17-29-25-11-5-18(15-23(25)27)19-6-12-26(33)24(28)16-19/h5-6,11-12,14-17,21-22,33H,3-4,7-10,13H2,1-2H3,(H,29,30). The number of phenols is 1. The topological polar surface area (TPSA) is 65.5 Å². The fourth-order valence-electron chi connectivity index (χ4n) is 5.04. The molecule has 2 aromatic carbocycles. The van der Waals surface area contributed by atoms with Crippen molar-refractivity contribution in [2.24, 2.45) is 0 Å². The van der Waals surface area contributed by atoms with Crippen LogP contribution in [-0.4, -0.2) is 46.4 Å². The average Bonchev–Trinajstić information content (AvgIpc) is 2.84. The van der Waals surface area contributed by atoms with Crippen molar-refractivity contribution in [1.82, 2.24) is 9.88 Å². The first-order valence-corrected chi connectivity index (χ1v) is 12.3. The Hall–Kier alpha value is -2.63. The van der Waals surface area contributed by atoms with Crippen molar-refractivity contribution in [3.05, 3.63) is 53.2 Å². The Morgan fingerprint density at radius 3 is 2.45 bits per heavy atom. The molecule has 0 bridgehead atoms. The van der Waals surface area contributed by atoms with Gasteiger partial charge in [-0.25, -0.2) is 0 Å². The smallest absolute Gasteiger partial charge is 0.134 e. The summed E-state index contributed by atoms with van der Waals surface area (Å²) in [4.78, 5) is 18.6. The van der Waals surface area contributed by atoms with Gasteiger partial charge < -0.3 is 20.1 Å². The molecular formula is C27H32ClN3O2. The van der Waals surface area contributed by atoms with Crippen molar-refractivity contribution in [2.45, 2.75) is 58.0 Å². The summed E-state index contributed by atoms with van der Waals surface area (Å²) < 4.78 is 0. The molecular weight excluding hydrogens is 434 g/mol. The molecule has 3 aromatic rings. The highest BCUT2D eigenvalue weighted by Gasteiger charge is 2.25. The van der Waals surface area contributed by atoms with Crippen molar-refractivity contribution in [3.8, 4) is 16.9 Å². The van der Waals surface area contributed by atoms with Crippen molar-refractivity contribution < 1.29 is 9.90 Å². The summed E-state index contributed by atoms with van der Waals surface area (Å²) in [6.45, 7) is 6.67. The van der Waals surface area contributed by atoms with Gasteiger partial charge in [-0.2, -0.15) is 0 Å². The van der Waals surface area contributed by atoms with Crippen LogP contribution in [0.3, 0.4) is 0 Å². The molecule has 2 N–H and O–H groups in total. The van der Waals surface area contributed by atoms with E-state index < -0.39 is 0 Å². The second-order valence-electron chi connectivity index (χ2n) is 8.80. The number of rotatable bonds is 8. The largest absolute Gasteiger partial charge is 0.506 e. The number of carbonyl (C=O) groups excluding carboxylic acids is 1. The monoisotopic (exact) mass is 465 g/mol. The number of aromatic hydroxyl groups is 1. The van der Waals surface area contributed by atoms with Gasteiger partial charge in [0.1, 0.15) is 12.0 Å². The maximum atomic E-state index is 11.4. The van der Waals surface area contributed by atoms with Crippen LogP contribution in [0.1, 0.15) is 45.1 Å². The molecule has 1 aliphatic rings. The van der Waals surface area contributed by atoms with Crippen molar-refractivity contribution in [3.63, 3.8) is 0 Å². The summed E-state index contributed by atoms with van der Waals surface area (Å²) in [5.41, 5.74) is 4.72. The van der Waals surface area contributed by atoms with Crippen LogP contribution in [0.5, 0.6) is 5.75 Å². The summed E-state index contributed by atoms with van der Waals surface area (Å²) in [5.74, 6) is 0.0683. The SMILES string of the molecule is CCN(CC)C1CCC(Nc2c(CC=O)cnc3ccc(-c4ccc(O)c(Cl)c4)cc23)CC1. The summed E-state index contributed by atoms with van der Waals surface area (Å²) in [5, 5.41) is 14.9. The third-order valence-corrected chi connectivity index (χ3v) is 7.21. The molecule has 1 saturated carbocycles. The molecule has 1 aromatic heterocycles. The first-order valence-electron chi connectivity index (χ1n) is 11.9. The lowest BCUT2D eigenvalue weighted by Gasteiger charge is -2.36. The number of hydrogen-bond donors (Lipinski definition) is 2. The zero-order valence-electron chi connectivity index (χ0n) is 19.4. The number of benzene rings is 2. The Labute approximate surface area is 200 Å². The van der Waals surface area contributed by atoms with Crippen molar-refractivity contribution in [1.29, 1.82) is 0 Å². The Morgan fingerprint density at radius 2 is 1.79 bits per heavy atom. The number of nitrogens with zero attached hydrogens (tertiary/aromatic N) is 2. The van der Waals surface area contributed by atoms with E-state index in [-0.39, 0.29) is 5.75 Å². The number of aldehydes is 1. The normalized spacial score (nSPS) is 18.5. The number of aromatic nitrogens is 1. The number of anilines is 1. The number of carbonyl (C=O) groups is 1. The number of phenolic OH excluding ortho intramolecular Hbond substituents is 1. The van der Waals surface area contributed by atoms with Crippen molar-refractivity contribution >= 4 is 34.5 Å². The Kier molecular flexibility index (Phi) is 7.51. The van der Waals surface area contributed by atoms with Gasteiger partial charge in [-0.1, -0.05) is 37.6 Å². The molecule has 0 spiro atoms. The van der Waals surface area contributed by atoms with Crippen LogP contribution in [0.4, 0.5) is 5.69 Å². The van der Waals surface area contributed by atoms with Gasteiger partial charge in [0.15, 0.2) is 0 Å². The lowest BCUT2D eigenvalue weighted by molar-refractivity contribution is -0.107. The van der Waals surface area contributed by atoms with E-state index in [1.54, 1.807) is 12.1 Å². The van der Waals surface area contributed by atoms with Crippen LogP contribution >= 0.6 is 11.6 Å². The van der Waals surface area contributed by atoms with E-state index in [1.165, 1.54) is 12.8 Å². The molecule has 0 saturated heterocycles. The predicted octanol–water partition coefficient (Wildman–Crippen LogP) is 6.07. The molecule has 0 unspecified atom stereocenters. The zero-order chi connectivity index (χ0) is 23.4. The molecule has 1 fully saturated rings. The van der Waals surface area contributed by atoms with Gasteiger partial charge in [0.05, 0.1) is 10.5 Å². The Morgan fingerprint density at radius 1 is 1.09 bits per heavy atom. The highest BCUT2D eigenvalue weighted by molar-refractivity contribution is 6.32. The first kappa shape index (κ1) is 23.5. The summed E-state index contributed by atoms with van der Waals surface area (Å²) in [6, 6.07) is 12.4. The Bertz CT molecular complexity index is 1120. The minimum absolute atomic E-state index is 0.0683. The molecule has 1 heterocycles. The number of pyridine rings is 1. The van der Waals surface area contributed by atoms with Crippen LogP contribution in [0.25, 0.3) is 22.0 Å². The minimum Gasteiger partial charge on any atom is -0.506 e. The van der Waals surface area contributed by atoms with Gasteiger partial charge >= 0.3 is 0 Å². The summed E-state index contributed by atoms with van der Waals surface area (Å²) >= 11 is 6.15. The average molecular weight is 466 g/mol. The van der Waals surface area contributed by atoms with Gasteiger partial charge in [-0.3, -0.25) is 4.98 Å². The molecule has 5 nitrogen and oxygen atoms in total. The van der Waals surface area contributed by atoms with Crippen LogP contribution in [0, 0.1) is 0 Å². The second kappa shape index (κ2) is 10.5. The maximum Gasteiger partial charge on any atom is 0.134 e. The maximum absolute atomic E-state index is 11.4. The minimum atomic E-state index is 0.0683. The van der Waals surface area contributed by atoms with Gasteiger partial charge in [0, 0.05) is 41.3 Å². The number of halogens is 1. The number of fused-ring (bicyclic) bond motifs is 1. The molecule has 0 radical (unpaired) electrons. The quantitative estimate of drug-likeness (QED) is 0.395. The van der Waals surface area contributed by atoms with E-state index in [4.69, 9.17) is 11.6 Å². The van der Waals surface area contributed by atoms with E-state index in [9.17, 15) is 9.90 Å². The van der Waals surface area contributed by atoms with E-state index >= 15 is 0 Å². The molecule has 6 heteroatoms. The Balaban J connectivity index is 1.66. The molecule has 4 rings (SSSR count).